The molecular formula is C88H112N2O6S8. The quantitative estimate of drug-likeness (QED) is 0.169. The number of carbonyl (C=O) groups excluding carboxylic acids is 6. The largest absolute Gasteiger partial charge is 0.303 e. The van der Waals surface area contributed by atoms with Crippen molar-refractivity contribution in [3.63, 3.8) is 0 Å². The van der Waals surface area contributed by atoms with Crippen LogP contribution in [0.25, 0.3) is 31.0 Å². The number of nitrogens with zero attached hydrogens (tertiary/aromatic N) is 2. The maximum Gasteiger partial charge on any atom is 0.261 e. The monoisotopic (exact) mass is 1550 g/mol. The van der Waals surface area contributed by atoms with Gasteiger partial charge in [-0.25, -0.2) is 0 Å². The first-order chi connectivity index (χ1) is 48.4. The minimum atomic E-state index is -0.0341. The molecule has 0 spiro atoms. The van der Waals surface area contributed by atoms with Crippen molar-refractivity contribution in [3.05, 3.63) is 190 Å². The minimum absolute atomic E-state index is 0.00216. The lowest BCUT2D eigenvalue weighted by atomic mass is 9.85. The predicted octanol–water partition coefficient (Wildman–Crippen LogP) is 26.0. The third kappa shape index (κ3) is 15.3. The van der Waals surface area contributed by atoms with Crippen LogP contribution in [-0.2, 0) is 61.3 Å². The molecular weight excluding hydrogens is 1440 g/mol. The number of hydrogen-bond donors (Lipinski definition) is 0. The van der Waals surface area contributed by atoms with Gasteiger partial charge >= 0.3 is 0 Å². The van der Waals surface area contributed by atoms with Crippen molar-refractivity contribution >= 4 is 156 Å². The average Bonchev–Trinajstić information content (AvgIpc) is 1.52. The lowest BCUT2D eigenvalue weighted by Gasteiger charge is -2.40. The standard InChI is InChI=1S/C32H40N2O2S2.C26H26O2S2.C22H22O2S4.4C2H6/c1-13-17(5)33-23(19-15(3)27(31(7,8)9)37-25(13)19)21-22(29(33)35)24-20-16(4)28(32(10,11)12)38-26(20)14(2)18(6)34(24)30(21)36;1-25(2,3)17-11-7-15(8-12-17)21-19-20(24(28)29-21)22(30-23(19)27)16-9-13-18(14-10-16)26(4,5)6;1-21(2,3)13-9-7-11(25-13)17-15-16(20(24)27-17)18(28-19(15)23)12-8-10-14(26-12)22(4,5)6;4*1-2/h13-14,17-18H,1-12H3;7-14H,1-6H3;7-10H,1-6H3;4*1-2H3. The lowest BCUT2D eigenvalue weighted by molar-refractivity contribution is -0.125. The average molecular weight is 1550 g/mol. The molecule has 0 aliphatic carbocycles. The Labute approximate surface area is 656 Å². The first-order valence-electron chi connectivity index (χ1n) is 37.2. The van der Waals surface area contributed by atoms with Gasteiger partial charge in [-0.15, -0.1) is 45.3 Å². The van der Waals surface area contributed by atoms with Gasteiger partial charge in [0.25, 0.3) is 11.8 Å². The van der Waals surface area contributed by atoms with E-state index in [9.17, 15) is 28.8 Å². The summed E-state index contributed by atoms with van der Waals surface area (Å²) in [6.45, 7) is 68.8. The first-order valence-corrected chi connectivity index (χ1v) is 43.7. The molecule has 8 aliphatic heterocycles. The second-order valence-electron chi connectivity index (χ2n) is 32.8. The molecule has 0 saturated heterocycles. The van der Waals surface area contributed by atoms with E-state index in [0.29, 0.717) is 33.4 Å². The summed E-state index contributed by atoms with van der Waals surface area (Å²) in [5, 5.41) is -0.0779. The Morgan fingerprint density at radius 3 is 0.837 bits per heavy atom. The Kier molecular flexibility index (Phi) is 25.4. The Hall–Kier alpha value is -5.30. The van der Waals surface area contributed by atoms with Crippen LogP contribution in [0.2, 0.25) is 0 Å². The van der Waals surface area contributed by atoms with Crippen molar-refractivity contribution in [2.75, 3.05) is 0 Å². The second kappa shape index (κ2) is 31.4. The molecule has 0 radical (unpaired) electrons. The number of benzene rings is 2. The van der Waals surface area contributed by atoms with Crippen LogP contribution < -0.4 is 0 Å². The van der Waals surface area contributed by atoms with E-state index in [4.69, 9.17) is 0 Å². The van der Waals surface area contributed by atoms with Gasteiger partial charge in [-0.05, 0) is 165 Å². The van der Waals surface area contributed by atoms with Crippen LogP contribution in [0, 0.1) is 13.8 Å². The highest BCUT2D eigenvalue weighted by Crippen LogP contribution is 2.62. The summed E-state index contributed by atoms with van der Waals surface area (Å²) < 4.78 is 0. The van der Waals surface area contributed by atoms with Crippen LogP contribution in [0.15, 0.2) is 106 Å². The molecule has 104 heavy (non-hydrogen) atoms. The lowest BCUT2D eigenvalue weighted by Crippen LogP contribution is -2.44. The summed E-state index contributed by atoms with van der Waals surface area (Å²) in [5.41, 5.74) is 14.7. The van der Waals surface area contributed by atoms with Crippen molar-refractivity contribution in [2.45, 2.75) is 278 Å². The topological polar surface area (TPSA) is 109 Å². The molecule has 2 amide bonds. The maximum atomic E-state index is 14.5. The van der Waals surface area contributed by atoms with Crippen molar-refractivity contribution in [1.82, 2.24) is 9.80 Å². The second-order valence-corrected chi connectivity index (χ2v) is 41.0. The van der Waals surface area contributed by atoms with Crippen molar-refractivity contribution in [2.24, 2.45) is 0 Å². The van der Waals surface area contributed by atoms with E-state index in [1.165, 1.54) is 98.6 Å². The van der Waals surface area contributed by atoms with E-state index >= 15 is 0 Å². The van der Waals surface area contributed by atoms with Crippen LogP contribution in [0.5, 0.6) is 0 Å². The Bertz CT molecular complexity index is 4320. The first kappa shape index (κ1) is 84.3. The predicted molar refractivity (Wildman–Crippen MR) is 459 cm³/mol. The SMILES string of the molecule is CC.CC.CC.CC.CC(C)(C)c1ccc(C2=C3C(=O)SC(c4ccc(C(C)(C)C)cc4)=C3C(=O)S2)cc1.CC(C)(C)c1ccc(C2=C3C(=O)SC(c4ccc(C(C)(C)C)s4)=C3C(=O)S2)s1.Cc1c(C(C)(C)C)sc2c1C1=C3C(=O)N4C(=C3C(=O)N1C(C)C2C)c1c(sc(C(C)(C)C)c1C)C(C)C4C. The van der Waals surface area contributed by atoms with Gasteiger partial charge in [0.2, 0.25) is 20.5 Å². The van der Waals surface area contributed by atoms with Gasteiger partial charge in [0, 0.05) is 93.7 Å². The van der Waals surface area contributed by atoms with Crippen LogP contribution in [-0.4, -0.2) is 54.2 Å². The summed E-state index contributed by atoms with van der Waals surface area (Å²) in [6.07, 6.45) is 0. The molecule has 558 valence electrons. The van der Waals surface area contributed by atoms with Crippen LogP contribution in [0.3, 0.4) is 0 Å². The molecule has 2 aromatic carbocycles. The molecule has 8 aliphatic rings. The summed E-state index contributed by atoms with van der Waals surface area (Å²) in [7, 11) is 0. The van der Waals surface area contributed by atoms with Gasteiger partial charge in [-0.2, -0.15) is 0 Å². The summed E-state index contributed by atoms with van der Waals surface area (Å²) >= 11 is 11.9. The molecule has 12 heterocycles. The highest BCUT2D eigenvalue weighted by Gasteiger charge is 2.57. The maximum absolute atomic E-state index is 14.5. The van der Waals surface area contributed by atoms with Crippen molar-refractivity contribution in [3.8, 4) is 0 Å². The molecule has 0 fully saturated rings. The fourth-order valence-electron chi connectivity index (χ4n) is 14.0. The summed E-state index contributed by atoms with van der Waals surface area (Å²) in [4.78, 5) is 97.6. The number of hydrogen-bond acceptors (Lipinski definition) is 14. The zero-order valence-electron chi connectivity index (χ0n) is 67.8. The molecule has 0 saturated carbocycles. The zero-order valence-corrected chi connectivity index (χ0v) is 74.4. The van der Waals surface area contributed by atoms with Gasteiger partial charge in [0.1, 0.15) is 0 Å². The summed E-state index contributed by atoms with van der Waals surface area (Å²) in [6, 6.07) is 24.8. The molecule has 4 aromatic heterocycles. The van der Waals surface area contributed by atoms with E-state index in [1.807, 2.05) is 112 Å². The minimum Gasteiger partial charge on any atom is -0.303 e. The van der Waals surface area contributed by atoms with Crippen molar-refractivity contribution < 1.29 is 28.8 Å². The van der Waals surface area contributed by atoms with E-state index in [0.717, 1.165) is 63.0 Å². The van der Waals surface area contributed by atoms with Gasteiger partial charge in [0.15, 0.2) is 0 Å². The van der Waals surface area contributed by atoms with Crippen LogP contribution in [0.1, 0.15) is 303 Å². The van der Waals surface area contributed by atoms with Gasteiger partial charge in [-0.3, -0.25) is 28.8 Å². The van der Waals surface area contributed by atoms with Gasteiger partial charge in [-0.1, -0.05) is 242 Å². The Morgan fingerprint density at radius 2 is 0.587 bits per heavy atom. The number of carbonyl (C=O) groups is 6. The van der Waals surface area contributed by atoms with E-state index < -0.39 is 0 Å². The molecule has 8 nitrogen and oxygen atoms in total. The third-order valence-electron chi connectivity index (χ3n) is 19.5. The number of amides is 2. The van der Waals surface area contributed by atoms with E-state index in [1.54, 1.807) is 22.7 Å². The molecule has 4 unspecified atom stereocenters. The zero-order chi connectivity index (χ0) is 78.2. The number of rotatable bonds is 4. The fourth-order valence-corrected chi connectivity index (χ4v) is 23.8. The van der Waals surface area contributed by atoms with E-state index in [2.05, 4.69) is 215 Å². The Balaban J connectivity index is 0.000000190. The number of thiophene rings is 4. The van der Waals surface area contributed by atoms with Crippen LogP contribution in [0.4, 0.5) is 0 Å². The molecule has 6 aromatic rings. The molecule has 0 bridgehead atoms. The van der Waals surface area contributed by atoms with E-state index in [-0.39, 0.29) is 88.7 Å². The molecule has 14 rings (SSSR count). The van der Waals surface area contributed by atoms with Gasteiger partial charge in [0.05, 0.1) is 44.8 Å². The number of thioether (sulfide) groups is 4. The molecule has 16 heteroatoms. The Morgan fingerprint density at radius 1 is 0.317 bits per heavy atom. The van der Waals surface area contributed by atoms with Crippen molar-refractivity contribution in [1.29, 1.82) is 0 Å². The van der Waals surface area contributed by atoms with Crippen LogP contribution >= 0.6 is 92.4 Å². The third-order valence-corrected chi connectivity index (χ3v) is 30.8. The smallest absolute Gasteiger partial charge is 0.261 e. The summed E-state index contributed by atoms with van der Waals surface area (Å²) in [5.74, 6) is 0.434. The fraction of sp³-hybridized carbons (Fsp3) is 0.477. The molecule has 0 N–H and O–H groups in total. The molecule has 4 atom stereocenters. The highest BCUT2D eigenvalue weighted by atomic mass is 32.2. The van der Waals surface area contributed by atoms with Gasteiger partial charge < -0.3 is 9.80 Å². The number of fused-ring (bicyclic) bond motifs is 9. The highest BCUT2D eigenvalue weighted by molar-refractivity contribution is 8.26. The normalized spacial score (nSPS) is 19.8.